The van der Waals surface area contributed by atoms with Crippen molar-refractivity contribution in [2.24, 2.45) is 0 Å². The van der Waals surface area contributed by atoms with Gasteiger partial charge in [0.15, 0.2) is 0 Å². The van der Waals surface area contributed by atoms with Crippen LogP contribution < -0.4 is 0 Å². The van der Waals surface area contributed by atoms with E-state index in [9.17, 15) is 14.0 Å². The number of methoxy groups -OCH3 is 1. The zero-order valence-corrected chi connectivity index (χ0v) is 19.1. The van der Waals surface area contributed by atoms with Gasteiger partial charge in [0.2, 0.25) is 5.91 Å². The first kappa shape index (κ1) is 24.2. The van der Waals surface area contributed by atoms with E-state index >= 15 is 0 Å². The van der Waals surface area contributed by atoms with Crippen LogP contribution in [0.5, 0.6) is 0 Å². The highest BCUT2D eigenvalue weighted by atomic mass is 32.2. The lowest BCUT2D eigenvalue weighted by Gasteiger charge is -2.28. The summed E-state index contributed by atoms with van der Waals surface area (Å²) in [5.41, 5.74) is 1.81. The van der Waals surface area contributed by atoms with Gasteiger partial charge in [-0.05, 0) is 29.7 Å². The highest BCUT2D eigenvalue weighted by Gasteiger charge is 2.31. The molecule has 0 saturated carbocycles. The summed E-state index contributed by atoms with van der Waals surface area (Å²) in [7, 11) is 1.62. The Labute approximate surface area is 192 Å². The maximum absolute atomic E-state index is 13.3. The fourth-order valence-corrected chi connectivity index (χ4v) is 4.80. The van der Waals surface area contributed by atoms with Gasteiger partial charge in [0.25, 0.3) is 0 Å². The Bertz CT molecular complexity index is 866. The number of hydrogen-bond acceptors (Lipinski definition) is 6. The van der Waals surface area contributed by atoms with E-state index in [1.165, 1.54) is 12.1 Å². The number of esters is 1. The van der Waals surface area contributed by atoms with Gasteiger partial charge in [-0.15, -0.1) is 11.8 Å². The van der Waals surface area contributed by atoms with E-state index in [0.717, 1.165) is 16.9 Å². The molecule has 6 nitrogen and oxygen atoms in total. The lowest BCUT2D eigenvalue weighted by atomic mass is 10.2. The van der Waals surface area contributed by atoms with Crippen molar-refractivity contribution >= 4 is 23.6 Å². The van der Waals surface area contributed by atoms with Crippen LogP contribution in [0.25, 0.3) is 0 Å². The first-order valence-electron chi connectivity index (χ1n) is 10.6. The predicted octanol–water partition coefficient (Wildman–Crippen LogP) is 3.48. The van der Waals surface area contributed by atoms with Crippen LogP contribution in [-0.2, 0) is 25.7 Å². The molecule has 0 spiro atoms. The van der Waals surface area contributed by atoms with Crippen molar-refractivity contribution < 1.29 is 23.5 Å². The number of thioether (sulfide) groups is 1. The van der Waals surface area contributed by atoms with Crippen LogP contribution in [0.1, 0.15) is 22.9 Å². The monoisotopic (exact) mass is 460 g/mol. The Morgan fingerprint density at radius 3 is 2.59 bits per heavy atom. The Morgan fingerprint density at radius 2 is 1.88 bits per heavy atom. The number of hydrogen-bond donors (Lipinski definition) is 0. The van der Waals surface area contributed by atoms with Crippen molar-refractivity contribution in [2.75, 3.05) is 45.6 Å². The SMILES string of the molecule is COCCCN(CC(=O)OCc1ccccc1)CC(=O)N1CCSC1c1ccc(F)cc1. The zero-order valence-electron chi connectivity index (χ0n) is 18.2. The molecule has 8 heteroatoms. The van der Waals surface area contributed by atoms with Crippen LogP contribution >= 0.6 is 11.8 Å². The minimum atomic E-state index is -0.370. The lowest BCUT2D eigenvalue weighted by Crippen LogP contribution is -2.42. The average molecular weight is 461 g/mol. The van der Waals surface area contributed by atoms with E-state index < -0.39 is 0 Å². The molecule has 32 heavy (non-hydrogen) atoms. The molecule has 1 unspecified atom stereocenters. The molecule has 2 aromatic carbocycles. The van der Waals surface area contributed by atoms with E-state index in [0.29, 0.717) is 26.1 Å². The zero-order chi connectivity index (χ0) is 22.8. The molecule has 1 aliphatic rings. The van der Waals surface area contributed by atoms with Gasteiger partial charge in [0.1, 0.15) is 17.8 Å². The Balaban J connectivity index is 1.58. The molecule has 0 bridgehead atoms. The molecule has 172 valence electrons. The van der Waals surface area contributed by atoms with E-state index in [1.807, 2.05) is 30.3 Å². The maximum atomic E-state index is 13.3. The molecule has 1 amide bonds. The second-order valence-corrected chi connectivity index (χ2v) is 8.75. The number of rotatable bonds is 11. The number of carbonyl (C=O) groups is 2. The number of amides is 1. The molecule has 2 aromatic rings. The van der Waals surface area contributed by atoms with Crippen molar-refractivity contribution in [3.05, 3.63) is 71.5 Å². The minimum Gasteiger partial charge on any atom is -0.460 e. The molecule has 1 aliphatic heterocycles. The Morgan fingerprint density at radius 1 is 1.12 bits per heavy atom. The number of benzene rings is 2. The third-order valence-electron chi connectivity index (χ3n) is 5.14. The predicted molar refractivity (Wildman–Crippen MR) is 122 cm³/mol. The van der Waals surface area contributed by atoms with Gasteiger partial charge in [-0.25, -0.2) is 4.39 Å². The van der Waals surface area contributed by atoms with Crippen molar-refractivity contribution in [1.29, 1.82) is 0 Å². The van der Waals surface area contributed by atoms with Crippen LogP contribution in [0.15, 0.2) is 54.6 Å². The third kappa shape index (κ3) is 7.32. The molecule has 1 saturated heterocycles. The lowest BCUT2D eigenvalue weighted by molar-refractivity contribution is -0.147. The highest BCUT2D eigenvalue weighted by Crippen LogP contribution is 2.37. The summed E-state index contributed by atoms with van der Waals surface area (Å²) in [5.74, 6) is 0.0897. The van der Waals surface area contributed by atoms with Gasteiger partial charge in [-0.2, -0.15) is 0 Å². The largest absolute Gasteiger partial charge is 0.460 e. The molecular weight excluding hydrogens is 431 g/mol. The molecule has 0 radical (unpaired) electrons. The molecular formula is C24H29FN2O4S. The smallest absolute Gasteiger partial charge is 0.320 e. The first-order chi connectivity index (χ1) is 15.6. The van der Waals surface area contributed by atoms with Crippen LogP contribution in [0.4, 0.5) is 4.39 Å². The quantitative estimate of drug-likeness (QED) is 0.378. The first-order valence-corrected chi connectivity index (χ1v) is 11.7. The molecule has 1 fully saturated rings. The maximum Gasteiger partial charge on any atom is 0.320 e. The van der Waals surface area contributed by atoms with E-state index in [-0.39, 0.29) is 42.8 Å². The van der Waals surface area contributed by atoms with Gasteiger partial charge < -0.3 is 14.4 Å². The van der Waals surface area contributed by atoms with E-state index in [1.54, 1.807) is 40.8 Å². The summed E-state index contributed by atoms with van der Waals surface area (Å²) >= 11 is 1.66. The molecule has 0 aromatic heterocycles. The van der Waals surface area contributed by atoms with Crippen molar-refractivity contribution in [3.63, 3.8) is 0 Å². The van der Waals surface area contributed by atoms with Gasteiger partial charge >= 0.3 is 5.97 Å². The molecule has 1 atom stereocenters. The van der Waals surface area contributed by atoms with Gasteiger partial charge in [0, 0.05) is 32.6 Å². The number of nitrogens with zero attached hydrogens (tertiary/aromatic N) is 2. The topological polar surface area (TPSA) is 59.1 Å². The molecule has 3 rings (SSSR count). The van der Waals surface area contributed by atoms with Crippen molar-refractivity contribution in [1.82, 2.24) is 9.80 Å². The number of carbonyl (C=O) groups excluding carboxylic acids is 2. The fraction of sp³-hybridized carbons (Fsp3) is 0.417. The van der Waals surface area contributed by atoms with Crippen LogP contribution in [-0.4, -0.2) is 67.3 Å². The summed E-state index contributed by atoms with van der Waals surface area (Å²) in [6.07, 6.45) is 0.700. The van der Waals surface area contributed by atoms with Crippen LogP contribution in [0.2, 0.25) is 0 Å². The fourth-order valence-electron chi connectivity index (χ4n) is 3.52. The van der Waals surface area contributed by atoms with Crippen LogP contribution in [0, 0.1) is 5.82 Å². The second kappa shape index (κ2) is 12.6. The number of halogens is 1. The summed E-state index contributed by atoms with van der Waals surface area (Å²) in [5, 5.41) is -0.144. The second-order valence-electron chi connectivity index (χ2n) is 7.57. The number of ether oxygens (including phenoxy) is 2. The molecule has 0 N–H and O–H groups in total. The standard InChI is InChI=1S/C24H29FN2O4S/c1-30-14-5-12-26(17-23(29)31-18-19-6-3-2-4-7-19)16-22(28)27-13-15-32-24(27)20-8-10-21(25)11-9-20/h2-4,6-11,24H,5,12-18H2,1H3. The van der Waals surface area contributed by atoms with Crippen molar-refractivity contribution in [3.8, 4) is 0 Å². The Hall–Kier alpha value is -2.42. The van der Waals surface area contributed by atoms with E-state index in [4.69, 9.17) is 9.47 Å². The Kier molecular flexibility index (Phi) is 9.52. The molecule has 0 aliphatic carbocycles. The van der Waals surface area contributed by atoms with Gasteiger partial charge in [0.05, 0.1) is 13.1 Å². The van der Waals surface area contributed by atoms with Gasteiger partial charge in [-0.1, -0.05) is 42.5 Å². The summed E-state index contributed by atoms with van der Waals surface area (Å²) in [4.78, 5) is 29.1. The normalized spacial score (nSPS) is 15.8. The summed E-state index contributed by atoms with van der Waals surface area (Å²) < 4.78 is 23.8. The third-order valence-corrected chi connectivity index (χ3v) is 6.40. The van der Waals surface area contributed by atoms with E-state index in [2.05, 4.69) is 0 Å². The highest BCUT2D eigenvalue weighted by molar-refractivity contribution is 7.99. The van der Waals surface area contributed by atoms with Crippen molar-refractivity contribution in [2.45, 2.75) is 18.4 Å². The minimum absolute atomic E-state index is 0.0322. The summed E-state index contributed by atoms with van der Waals surface area (Å²) in [6.45, 7) is 2.06. The molecule has 1 heterocycles. The van der Waals surface area contributed by atoms with Crippen LogP contribution in [0.3, 0.4) is 0 Å². The summed E-state index contributed by atoms with van der Waals surface area (Å²) in [6, 6.07) is 15.8. The van der Waals surface area contributed by atoms with Gasteiger partial charge in [-0.3, -0.25) is 14.5 Å². The average Bonchev–Trinajstić information content (AvgIpc) is 3.29.